The van der Waals surface area contributed by atoms with Crippen molar-refractivity contribution in [2.24, 2.45) is 0 Å². The first kappa shape index (κ1) is 22.1. The van der Waals surface area contributed by atoms with Crippen molar-refractivity contribution in [3.05, 3.63) is 87.6 Å². The normalized spacial score (nSPS) is 10.7. The average molecular weight is 474 g/mol. The number of halogens is 2. The zero-order valence-corrected chi connectivity index (χ0v) is 18.7. The Hall–Kier alpha value is -2.57. The van der Waals surface area contributed by atoms with Crippen molar-refractivity contribution in [3.63, 3.8) is 0 Å². The molecular formula is C24H25BrFNO3. The summed E-state index contributed by atoms with van der Waals surface area (Å²) in [4.78, 5) is 0. The lowest BCUT2D eigenvalue weighted by Gasteiger charge is -2.14. The van der Waals surface area contributed by atoms with Gasteiger partial charge in [0, 0.05) is 22.1 Å². The summed E-state index contributed by atoms with van der Waals surface area (Å²) in [5.74, 6) is 1.93. The Bertz CT molecular complexity index is 980. The van der Waals surface area contributed by atoms with Gasteiger partial charge in [-0.2, -0.15) is 0 Å². The Morgan fingerprint density at radius 1 is 0.867 bits per heavy atom. The van der Waals surface area contributed by atoms with E-state index in [0.29, 0.717) is 12.1 Å². The lowest BCUT2D eigenvalue weighted by Crippen LogP contribution is -2.17. The van der Waals surface area contributed by atoms with Gasteiger partial charge >= 0.3 is 0 Å². The maximum Gasteiger partial charge on any atom is 0.160 e. The molecule has 3 rings (SSSR count). The van der Waals surface area contributed by atoms with E-state index in [0.717, 1.165) is 45.8 Å². The van der Waals surface area contributed by atoms with Gasteiger partial charge in [0.25, 0.3) is 0 Å². The number of nitrogens with one attached hydrogen (secondary N) is 1. The van der Waals surface area contributed by atoms with Crippen LogP contribution in [0.1, 0.15) is 16.7 Å². The lowest BCUT2D eigenvalue weighted by molar-refractivity contribution is 0.296. The van der Waals surface area contributed by atoms with Gasteiger partial charge in [-0.3, -0.25) is 0 Å². The second-order valence-corrected chi connectivity index (χ2v) is 7.66. The molecule has 0 atom stereocenters. The Labute approximate surface area is 185 Å². The molecule has 0 unspecified atom stereocenters. The van der Waals surface area contributed by atoms with Gasteiger partial charge in [-0.25, -0.2) is 4.39 Å². The third-order valence-electron chi connectivity index (χ3n) is 4.72. The highest BCUT2D eigenvalue weighted by atomic mass is 79.9. The molecule has 0 fully saturated rings. The fourth-order valence-corrected chi connectivity index (χ4v) is 3.50. The molecule has 0 saturated heterocycles. The fourth-order valence-electron chi connectivity index (χ4n) is 3.09. The standard InChI is InChI=1S/C24H25BrFNO3/c1-28-23-9-7-17(13-24(23)29-2)11-12-27-15-19-14-20(25)8-10-22(19)30-16-18-5-3-4-6-21(18)26/h3-10,13-14,27H,11-12,15-16H2,1-2H3. The van der Waals surface area contributed by atoms with E-state index in [-0.39, 0.29) is 12.4 Å². The molecule has 4 nitrogen and oxygen atoms in total. The molecule has 0 aliphatic carbocycles. The van der Waals surface area contributed by atoms with Crippen molar-refractivity contribution in [1.29, 1.82) is 0 Å². The van der Waals surface area contributed by atoms with Crippen molar-refractivity contribution in [2.75, 3.05) is 20.8 Å². The maximum absolute atomic E-state index is 13.9. The molecule has 0 heterocycles. The van der Waals surface area contributed by atoms with Crippen LogP contribution in [0.3, 0.4) is 0 Å². The summed E-state index contributed by atoms with van der Waals surface area (Å²) < 4.78 is 31.4. The van der Waals surface area contributed by atoms with Crippen LogP contribution in [0.2, 0.25) is 0 Å². The number of methoxy groups -OCH3 is 2. The second kappa shape index (κ2) is 11.0. The zero-order chi connectivity index (χ0) is 21.3. The summed E-state index contributed by atoms with van der Waals surface area (Å²) in [6.07, 6.45) is 0.847. The molecule has 0 bridgehead atoms. The molecule has 6 heteroatoms. The van der Waals surface area contributed by atoms with Gasteiger partial charge < -0.3 is 19.5 Å². The monoisotopic (exact) mass is 473 g/mol. The summed E-state index contributed by atoms with van der Waals surface area (Å²) in [5.41, 5.74) is 2.70. The third-order valence-corrected chi connectivity index (χ3v) is 5.21. The summed E-state index contributed by atoms with van der Waals surface area (Å²) in [7, 11) is 3.26. The molecule has 30 heavy (non-hydrogen) atoms. The van der Waals surface area contributed by atoms with Crippen molar-refractivity contribution >= 4 is 15.9 Å². The summed E-state index contributed by atoms with van der Waals surface area (Å²) in [6, 6.07) is 18.4. The van der Waals surface area contributed by atoms with E-state index in [1.165, 1.54) is 6.07 Å². The molecule has 0 spiro atoms. The molecule has 1 N–H and O–H groups in total. The van der Waals surface area contributed by atoms with Gasteiger partial charge in [0.1, 0.15) is 18.2 Å². The number of rotatable bonds is 10. The van der Waals surface area contributed by atoms with E-state index < -0.39 is 0 Å². The van der Waals surface area contributed by atoms with Gasteiger partial charge in [0.2, 0.25) is 0 Å². The average Bonchev–Trinajstić information content (AvgIpc) is 2.77. The minimum atomic E-state index is -0.260. The Kier molecular flexibility index (Phi) is 8.11. The van der Waals surface area contributed by atoms with Crippen LogP contribution < -0.4 is 19.5 Å². The topological polar surface area (TPSA) is 39.7 Å². The van der Waals surface area contributed by atoms with Gasteiger partial charge in [0.05, 0.1) is 14.2 Å². The van der Waals surface area contributed by atoms with Crippen LogP contribution in [0, 0.1) is 5.82 Å². The number of hydrogen-bond acceptors (Lipinski definition) is 4. The van der Waals surface area contributed by atoms with E-state index in [2.05, 4.69) is 21.2 Å². The van der Waals surface area contributed by atoms with Crippen LogP contribution >= 0.6 is 15.9 Å². The first-order valence-corrected chi connectivity index (χ1v) is 10.5. The fraction of sp³-hybridized carbons (Fsp3) is 0.250. The quantitative estimate of drug-likeness (QED) is 0.393. The predicted octanol–water partition coefficient (Wildman–Crippen LogP) is 5.52. The molecule has 0 amide bonds. The summed E-state index contributed by atoms with van der Waals surface area (Å²) >= 11 is 3.51. The number of hydrogen-bond donors (Lipinski definition) is 1. The first-order valence-electron chi connectivity index (χ1n) is 9.67. The minimum absolute atomic E-state index is 0.187. The van der Waals surface area contributed by atoms with Gasteiger partial charge in [-0.15, -0.1) is 0 Å². The largest absolute Gasteiger partial charge is 0.493 e. The highest BCUT2D eigenvalue weighted by molar-refractivity contribution is 9.10. The van der Waals surface area contributed by atoms with Crippen LogP contribution in [-0.4, -0.2) is 20.8 Å². The summed E-state index contributed by atoms with van der Waals surface area (Å²) in [5, 5.41) is 3.45. The van der Waals surface area contributed by atoms with Crippen LogP contribution in [0.25, 0.3) is 0 Å². The number of ether oxygens (including phenoxy) is 3. The Balaban J connectivity index is 1.57. The van der Waals surface area contributed by atoms with Crippen molar-refractivity contribution in [1.82, 2.24) is 5.32 Å². The molecule has 0 aliphatic rings. The SMILES string of the molecule is COc1ccc(CCNCc2cc(Br)ccc2OCc2ccccc2F)cc1OC. The first-order chi connectivity index (χ1) is 14.6. The predicted molar refractivity (Wildman–Crippen MR) is 120 cm³/mol. The van der Waals surface area contributed by atoms with E-state index in [4.69, 9.17) is 14.2 Å². The van der Waals surface area contributed by atoms with E-state index in [1.807, 2.05) is 36.4 Å². The van der Waals surface area contributed by atoms with Crippen molar-refractivity contribution < 1.29 is 18.6 Å². The van der Waals surface area contributed by atoms with E-state index in [9.17, 15) is 4.39 Å². The maximum atomic E-state index is 13.9. The molecule has 158 valence electrons. The molecule has 0 aliphatic heterocycles. The van der Waals surface area contributed by atoms with Crippen molar-refractivity contribution in [2.45, 2.75) is 19.6 Å². The molecular weight excluding hydrogens is 449 g/mol. The molecule has 0 aromatic heterocycles. The molecule has 3 aromatic carbocycles. The Morgan fingerprint density at radius 2 is 1.63 bits per heavy atom. The van der Waals surface area contributed by atoms with Gasteiger partial charge in [-0.1, -0.05) is 40.2 Å². The third kappa shape index (κ3) is 5.97. The second-order valence-electron chi connectivity index (χ2n) is 6.75. The van der Waals surface area contributed by atoms with Crippen LogP contribution in [0.15, 0.2) is 65.1 Å². The van der Waals surface area contributed by atoms with Crippen LogP contribution in [0.5, 0.6) is 17.2 Å². The molecule has 3 aromatic rings. The molecule has 0 saturated carbocycles. The lowest BCUT2D eigenvalue weighted by atomic mass is 10.1. The van der Waals surface area contributed by atoms with E-state index in [1.54, 1.807) is 32.4 Å². The zero-order valence-electron chi connectivity index (χ0n) is 17.1. The van der Waals surface area contributed by atoms with Crippen LogP contribution in [0.4, 0.5) is 4.39 Å². The van der Waals surface area contributed by atoms with Gasteiger partial charge in [-0.05, 0) is 54.9 Å². The number of benzene rings is 3. The highest BCUT2D eigenvalue weighted by Gasteiger charge is 2.08. The van der Waals surface area contributed by atoms with Crippen molar-refractivity contribution in [3.8, 4) is 17.2 Å². The smallest absolute Gasteiger partial charge is 0.160 e. The minimum Gasteiger partial charge on any atom is -0.493 e. The molecule has 0 radical (unpaired) electrons. The Morgan fingerprint density at radius 3 is 2.40 bits per heavy atom. The highest BCUT2D eigenvalue weighted by Crippen LogP contribution is 2.28. The van der Waals surface area contributed by atoms with E-state index >= 15 is 0 Å². The van der Waals surface area contributed by atoms with Gasteiger partial charge in [0.15, 0.2) is 11.5 Å². The van der Waals surface area contributed by atoms with Crippen LogP contribution in [-0.2, 0) is 19.6 Å². The summed E-state index contributed by atoms with van der Waals surface area (Å²) in [6.45, 7) is 1.61.